The summed E-state index contributed by atoms with van der Waals surface area (Å²) in [4.78, 5) is 0. The van der Waals surface area contributed by atoms with Gasteiger partial charge in [-0.15, -0.1) is 0 Å². The molecule has 0 bridgehead atoms. The summed E-state index contributed by atoms with van der Waals surface area (Å²) in [6.07, 6.45) is 0. The van der Waals surface area contributed by atoms with Gasteiger partial charge in [0.25, 0.3) is 0 Å². The monoisotopic (exact) mass is 217 g/mol. The average molecular weight is 217 g/mol. The lowest BCUT2D eigenvalue weighted by Crippen LogP contribution is -2.23. The van der Waals surface area contributed by atoms with Crippen molar-refractivity contribution in [3.63, 3.8) is 0 Å². The first-order valence-electron chi connectivity index (χ1n) is 6.18. The third-order valence-electron chi connectivity index (χ3n) is 4.60. The van der Waals surface area contributed by atoms with Crippen LogP contribution < -0.4 is 5.73 Å². The van der Waals surface area contributed by atoms with Crippen molar-refractivity contribution in [2.75, 3.05) is 6.54 Å². The topological polar surface area (TPSA) is 26.0 Å². The Labute approximate surface area is 99.0 Å². The minimum absolute atomic E-state index is 0.231. The summed E-state index contributed by atoms with van der Waals surface area (Å²) in [5.74, 6) is 1.37. The van der Waals surface area contributed by atoms with E-state index in [9.17, 15) is 0 Å². The van der Waals surface area contributed by atoms with Gasteiger partial charge in [-0.1, -0.05) is 58.0 Å². The summed E-state index contributed by atoms with van der Waals surface area (Å²) in [5.41, 5.74) is 7.94. The third kappa shape index (κ3) is 1.58. The number of rotatable bonds is 3. The Morgan fingerprint density at radius 2 is 1.75 bits per heavy atom. The standard InChI is InChI=1S/C15H23N/c1-14(2,11-8-6-5-7-9-11)13-12(10-16)15(13,3)4/h5-9,12-13H,10,16H2,1-4H3. The van der Waals surface area contributed by atoms with E-state index in [0.717, 1.165) is 6.54 Å². The van der Waals surface area contributed by atoms with Crippen LogP contribution in [-0.2, 0) is 5.41 Å². The predicted octanol–water partition coefficient (Wildman–Crippen LogP) is 3.20. The van der Waals surface area contributed by atoms with Gasteiger partial charge in [0.15, 0.2) is 0 Å². The molecule has 2 N–H and O–H groups in total. The van der Waals surface area contributed by atoms with Crippen molar-refractivity contribution in [2.24, 2.45) is 23.0 Å². The second kappa shape index (κ2) is 3.59. The molecule has 1 heteroatoms. The van der Waals surface area contributed by atoms with Gasteiger partial charge in [0.1, 0.15) is 0 Å². The smallest absolute Gasteiger partial charge is 0.00405 e. The van der Waals surface area contributed by atoms with Crippen LogP contribution in [0.4, 0.5) is 0 Å². The van der Waals surface area contributed by atoms with Gasteiger partial charge in [-0.25, -0.2) is 0 Å². The first kappa shape index (κ1) is 11.7. The van der Waals surface area contributed by atoms with Crippen molar-refractivity contribution in [1.82, 2.24) is 0 Å². The molecule has 0 spiro atoms. The minimum Gasteiger partial charge on any atom is -0.330 e. The molecular weight excluding hydrogens is 194 g/mol. The molecule has 0 radical (unpaired) electrons. The van der Waals surface area contributed by atoms with Crippen molar-refractivity contribution in [3.8, 4) is 0 Å². The van der Waals surface area contributed by atoms with Crippen LogP contribution in [0.1, 0.15) is 33.3 Å². The predicted molar refractivity (Wildman–Crippen MR) is 69.3 cm³/mol. The largest absolute Gasteiger partial charge is 0.330 e. The second-order valence-electron chi connectivity index (χ2n) is 6.23. The highest BCUT2D eigenvalue weighted by molar-refractivity contribution is 5.30. The maximum Gasteiger partial charge on any atom is -0.00405 e. The highest BCUT2D eigenvalue weighted by Gasteiger charge is 2.62. The van der Waals surface area contributed by atoms with Crippen LogP contribution >= 0.6 is 0 Å². The van der Waals surface area contributed by atoms with E-state index in [1.54, 1.807) is 0 Å². The fourth-order valence-electron chi connectivity index (χ4n) is 3.66. The maximum absolute atomic E-state index is 5.87. The molecule has 1 saturated carbocycles. The Kier molecular flexibility index (Phi) is 2.62. The number of hydrogen-bond acceptors (Lipinski definition) is 1. The van der Waals surface area contributed by atoms with E-state index >= 15 is 0 Å². The molecule has 1 nitrogen and oxygen atoms in total. The van der Waals surface area contributed by atoms with Crippen LogP contribution in [0.5, 0.6) is 0 Å². The average Bonchev–Trinajstić information content (AvgIpc) is 2.82. The molecule has 88 valence electrons. The molecule has 1 aliphatic carbocycles. The van der Waals surface area contributed by atoms with E-state index in [1.165, 1.54) is 5.56 Å². The van der Waals surface area contributed by atoms with Gasteiger partial charge in [-0.2, -0.15) is 0 Å². The molecular formula is C15H23N. The van der Waals surface area contributed by atoms with Gasteiger partial charge < -0.3 is 5.73 Å². The Balaban J connectivity index is 2.28. The molecule has 0 saturated heterocycles. The van der Waals surface area contributed by atoms with Crippen molar-refractivity contribution in [2.45, 2.75) is 33.1 Å². The first-order chi connectivity index (χ1) is 7.42. The minimum atomic E-state index is 0.231. The quantitative estimate of drug-likeness (QED) is 0.826. The molecule has 1 aromatic carbocycles. The zero-order chi connectivity index (χ0) is 12.0. The van der Waals surface area contributed by atoms with Gasteiger partial charge >= 0.3 is 0 Å². The molecule has 2 atom stereocenters. The molecule has 2 rings (SSSR count). The lowest BCUT2D eigenvalue weighted by Gasteiger charge is -2.27. The van der Waals surface area contributed by atoms with E-state index < -0.39 is 0 Å². The highest BCUT2D eigenvalue weighted by Crippen LogP contribution is 2.65. The number of nitrogens with two attached hydrogens (primary N) is 1. The van der Waals surface area contributed by atoms with E-state index in [2.05, 4.69) is 58.0 Å². The summed E-state index contributed by atoms with van der Waals surface area (Å²) in [6.45, 7) is 10.2. The van der Waals surface area contributed by atoms with Crippen LogP contribution in [0, 0.1) is 17.3 Å². The highest BCUT2D eigenvalue weighted by atomic mass is 14.7. The third-order valence-corrected chi connectivity index (χ3v) is 4.60. The van der Waals surface area contributed by atoms with Crippen LogP contribution in [0.25, 0.3) is 0 Å². The van der Waals surface area contributed by atoms with Gasteiger partial charge in [-0.3, -0.25) is 0 Å². The fourth-order valence-corrected chi connectivity index (χ4v) is 3.66. The van der Waals surface area contributed by atoms with Gasteiger partial charge in [0, 0.05) is 0 Å². The normalized spacial score (nSPS) is 27.8. The van der Waals surface area contributed by atoms with E-state index in [-0.39, 0.29) is 5.41 Å². The maximum atomic E-state index is 5.87. The van der Waals surface area contributed by atoms with Crippen LogP contribution in [0.3, 0.4) is 0 Å². The Morgan fingerprint density at radius 3 is 2.19 bits per heavy atom. The van der Waals surface area contributed by atoms with Gasteiger partial charge in [-0.05, 0) is 34.8 Å². The molecule has 0 aliphatic heterocycles. The van der Waals surface area contributed by atoms with Crippen LogP contribution in [0.15, 0.2) is 30.3 Å². The molecule has 16 heavy (non-hydrogen) atoms. The SMILES string of the molecule is CC(C)(c1ccccc1)C1C(CN)C1(C)C. The van der Waals surface area contributed by atoms with E-state index in [1.807, 2.05) is 0 Å². The van der Waals surface area contributed by atoms with E-state index in [0.29, 0.717) is 17.3 Å². The molecule has 2 unspecified atom stereocenters. The summed E-state index contributed by atoms with van der Waals surface area (Å²) in [6, 6.07) is 10.8. The zero-order valence-electron chi connectivity index (χ0n) is 10.8. The van der Waals surface area contributed by atoms with Crippen molar-refractivity contribution < 1.29 is 0 Å². The van der Waals surface area contributed by atoms with E-state index in [4.69, 9.17) is 5.73 Å². The fraction of sp³-hybridized carbons (Fsp3) is 0.600. The zero-order valence-corrected chi connectivity index (χ0v) is 10.8. The second-order valence-corrected chi connectivity index (χ2v) is 6.23. The molecule has 0 heterocycles. The Morgan fingerprint density at radius 1 is 1.19 bits per heavy atom. The summed E-state index contributed by atoms with van der Waals surface area (Å²) in [5, 5.41) is 0. The van der Waals surface area contributed by atoms with Crippen molar-refractivity contribution in [3.05, 3.63) is 35.9 Å². The van der Waals surface area contributed by atoms with Crippen molar-refractivity contribution >= 4 is 0 Å². The molecule has 0 amide bonds. The lowest BCUT2D eigenvalue weighted by atomic mass is 9.77. The van der Waals surface area contributed by atoms with Crippen LogP contribution in [-0.4, -0.2) is 6.54 Å². The summed E-state index contributed by atoms with van der Waals surface area (Å²) < 4.78 is 0. The van der Waals surface area contributed by atoms with Crippen molar-refractivity contribution in [1.29, 1.82) is 0 Å². The number of benzene rings is 1. The molecule has 0 aromatic heterocycles. The van der Waals surface area contributed by atoms with Crippen LogP contribution in [0.2, 0.25) is 0 Å². The number of hydrogen-bond donors (Lipinski definition) is 1. The molecule has 1 aromatic rings. The Bertz CT molecular complexity index is 364. The first-order valence-corrected chi connectivity index (χ1v) is 6.18. The lowest BCUT2D eigenvalue weighted by molar-refractivity contribution is 0.380. The molecule has 1 fully saturated rings. The summed E-state index contributed by atoms with van der Waals surface area (Å²) in [7, 11) is 0. The molecule has 1 aliphatic rings. The Hall–Kier alpha value is -0.820. The van der Waals surface area contributed by atoms with Gasteiger partial charge in [0.2, 0.25) is 0 Å². The van der Waals surface area contributed by atoms with Gasteiger partial charge in [0.05, 0.1) is 0 Å². The summed E-state index contributed by atoms with van der Waals surface area (Å²) >= 11 is 0.